The molecule has 5 heterocycles. The van der Waals surface area contributed by atoms with Crippen LogP contribution in [0.25, 0.3) is 77.5 Å². The van der Waals surface area contributed by atoms with Crippen LogP contribution in [0.2, 0.25) is 0 Å². The number of alkyl halides is 4. The fraction of sp³-hybridized carbons (Fsp3) is 0.266. The number of carbonyl (C=O) groups is 7. The molecular formula is C79H68F4N10O16. The molecule has 2 saturated heterocycles. The van der Waals surface area contributed by atoms with Crippen molar-refractivity contribution >= 4 is 74.2 Å². The van der Waals surface area contributed by atoms with Crippen molar-refractivity contribution in [2.45, 2.75) is 36.8 Å². The Hall–Kier alpha value is -12.9. The number of benzene rings is 7. The largest absolute Gasteiger partial charge is 0.508 e. The van der Waals surface area contributed by atoms with E-state index in [1.807, 2.05) is 24.3 Å². The maximum atomic E-state index is 14.0. The summed E-state index contributed by atoms with van der Waals surface area (Å²) in [4.78, 5) is 117. The van der Waals surface area contributed by atoms with E-state index in [1.165, 1.54) is 84.0 Å². The molecule has 6 amide bonds. The first kappa shape index (κ1) is 75.8. The van der Waals surface area contributed by atoms with Crippen LogP contribution in [0.15, 0.2) is 173 Å². The average molecular weight is 1490 g/mol. The first-order valence-corrected chi connectivity index (χ1v) is 34.3. The molecule has 5 N–H and O–H groups in total. The minimum Gasteiger partial charge on any atom is -0.508 e. The van der Waals surface area contributed by atoms with Gasteiger partial charge in [0.25, 0.3) is 29.6 Å². The van der Waals surface area contributed by atoms with Crippen molar-refractivity contribution < 1.29 is 89.4 Å². The number of carboxylic acid groups (broad SMARTS) is 1. The molecule has 0 saturated carbocycles. The van der Waals surface area contributed by atoms with Crippen LogP contribution in [-0.2, 0) is 28.6 Å². The van der Waals surface area contributed by atoms with E-state index in [-0.39, 0.29) is 116 Å². The van der Waals surface area contributed by atoms with E-state index in [2.05, 4.69) is 25.9 Å². The molecular weight excluding hydrogens is 1420 g/mol. The molecule has 6 aromatic carbocycles. The number of pyridine rings is 2. The normalized spacial score (nSPS) is 15.0. The molecule has 0 bridgehead atoms. The molecule has 30 heteroatoms. The number of aromatic hydroxyl groups is 1. The number of likely N-dealkylation sites (tertiary alicyclic amines) is 2. The fourth-order valence-corrected chi connectivity index (χ4v) is 12.8. The second-order valence-electron chi connectivity index (χ2n) is 25.5. The summed E-state index contributed by atoms with van der Waals surface area (Å²) in [6.07, 6.45) is 1.32. The molecule has 1 aliphatic carbocycles. The molecule has 3 aliphatic heterocycles. The number of nitriles is 2. The van der Waals surface area contributed by atoms with Crippen molar-refractivity contribution in [1.29, 1.82) is 10.5 Å². The Morgan fingerprint density at radius 1 is 0.532 bits per heavy atom. The highest BCUT2D eigenvalue weighted by Gasteiger charge is 2.48. The number of amides is 6. The third-order valence-electron chi connectivity index (χ3n) is 18.2. The zero-order valence-electron chi connectivity index (χ0n) is 58.0. The van der Waals surface area contributed by atoms with Crippen molar-refractivity contribution in [3.8, 4) is 74.1 Å². The monoisotopic (exact) mass is 1490 g/mol. The van der Waals surface area contributed by atoms with E-state index in [9.17, 15) is 76.7 Å². The van der Waals surface area contributed by atoms with Gasteiger partial charge in [0, 0.05) is 83.3 Å². The van der Waals surface area contributed by atoms with Gasteiger partial charge >= 0.3 is 5.97 Å². The number of phenols is 1. The Balaban J connectivity index is 0.630. The SMILES string of the molecule is N#C[C@@H]1CC(F)(F)CN1C(=O)CNC(=O)c1ccnc2ccc(-c3ccc(OCCOCCOCCN(CCOCCOc4ccc(-c5ccc6nccc(C(=O)NCC(=O)N7CC(F)(F)C[C@H]7C#N)c6c5)cc4)C(=O)CNC(=O)c4ccc(C(=O)O)c(-c5c6ccc(=O)cc-6oc6cc(O)ccc56)c4)cc3)cc12. The molecule has 558 valence electrons. The standard InChI is InChI=1S/C79H68F4N10O16/c80-78(81)38-52(40-84)92(45-78)71(97)43-89-75(100)58-19-21-86-66-17-6-49(33-63(58)66)47-1-10-56(11-2-47)107-31-29-105-26-24-91(70(96)42-88-74(99)51-5-14-60(77(102)103)65(35-51)73-61-15-8-54(94)36-68(61)109-69-37-55(95)9-16-62(69)73)23-25-104-27-28-106-30-32-108-57-12-3-48(4-13-57)50-7-18-67-64(34-50)59(20-22-87-67)76(101)90-44-72(98)93-46-79(82,83)39-53(93)41-85/h1-22,33-37,52-53,94H,23-32,38-39,42-46H2,(H,88,99)(H,89,100)(H,90,101)(H,102,103)/t52-,53-/m0/s1. The topological polar surface area (TPSA) is 355 Å². The molecule has 4 aliphatic rings. The molecule has 0 unspecified atom stereocenters. The molecule has 0 spiro atoms. The van der Waals surface area contributed by atoms with Gasteiger partial charge < -0.3 is 69.0 Å². The van der Waals surface area contributed by atoms with Gasteiger partial charge in [-0.1, -0.05) is 36.4 Å². The second kappa shape index (κ2) is 33.7. The lowest BCUT2D eigenvalue weighted by atomic mass is 9.89. The molecule has 109 heavy (non-hydrogen) atoms. The Labute approximate surface area is 618 Å². The smallest absolute Gasteiger partial charge is 0.336 e. The van der Waals surface area contributed by atoms with Crippen molar-refractivity contribution in [2.24, 2.45) is 0 Å². The first-order valence-electron chi connectivity index (χ1n) is 34.3. The van der Waals surface area contributed by atoms with Gasteiger partial charge in [-0.05, 0) is 131 Å². The number of nitrogens with zero attached hydrogens (tertiary/aromatic N) is 7. The van der Waals surface area contributed by atoms with Crippen LogP contribution in [0.1, 0.15) is 54.3 Å². The summed E-state index contributed by atoms with van der Waals surface area (Å²) >= 11 is 0. The van der Waals surface area contributed by atoms with Gasteiger partial charge in [0.05, 0.1) is 112 Å². The van der Waals surface area contributed by atoms with Crippen LogP contribution >= 0.6 is 0 Å². The van der Waals surface area contributed by atoms with Crippen molar-refractivity contribution in [2.75, 3.05) is 98.7 Å². The van der Waals surface area contributed by atoms with Crippen molar-refractivity contribution in [1.82, 2.24) is 40.6 Å². The minimum atomic E-state index is -3.21. The minimum absolute atomic E-state index is 0.0000340. The highest BCUT2D eigenvalue weighted by molar-refractivity contribution is 6.11. The van der Waals surface area contributed by atoms with E-state index in [0.29, 0.717) is 55.4 Å². The van der Waals surface area contributed by atoms with Gasteiger partial charge in [0.15, 0.2) is 5.43 Å². The predicted molar refractivity (Wildman–Crippen MR) is 386 cm³/mol. The number of phenolic OH excluding ortho intramolecular Hbond substituents is 1. The summed E-state index contributed by atoms with van der Waals surface area (Å²) in [5, 5.41) is 48.3. The number of carboxylic acids is 1. The second-order valence-corrected chi connectivity index (χ2v) is 25.5. The lowest BCUT2D eigenvalue weighted by Crippen LogP contribution is -2.43. The third-order valence-corrected chi connectivity index (χ3v) is 18.2. The lowest BCUT2D eigenvalue weighted by Gasteiger charge is -2.23. The van der Waals surface area contributed by atoms with Crippen LogP contribution in [0.4, 0.5) is 17.6 Å². The number of ether oxygens (including phenoxy) is 5. The summed E-state index contributed by atoms with van der Waals surface area (Å²) in [6.45, 7) is -2.44. The van der Waals surface area contributed by atoms with Gasteiger partial charge in [0.2, 0.25) is 17.7 Å². The zero-order chi connectivity index (χ0) is 76.9. The van der Waals surface area contributed by atoms with Crippen molar-refractivity contribution in [3.63, 3.8) is 0 Å². The van der Waals surface area contributed by atoms with E-state index in [0.717, 1.165) is 26.5 Å². The lowest BCUT2D eigenvalue weighted by molar-refractivity contribution is -0.132. The number of hydrogen-bond donors (Lipinski definition) is 5. The van der Waals surface area contributed by atoms with Gasteiger partial charge in [-0.2, -0.15) is 10.5 Å². The molecule has 2 aromatic heterocycles. The molecule has 2 fully saturated rings. The predicted octanol–water partition coefficient (Wildman–Crippen LogP) is 9.14. The number of hydrogen-bond acceptors (Lipinski definition) is 19. The number of nitrogens with one attached hydrogen (secondary N) is 3. The van der Waals surface area contributed by atoms with E-state index >= 15 is 0 Å². The van der Waals surface area contributed by atoms with Crippen LogP contribution in [0, 0.1) is 22.7 Å². The van der Waals surface area contributed by atoms with Gasteiger partial charge in [-0.3, -0.25) is 43.5 Å². The van der Waals surface area contributed by atoms with Crippen LogP contribution in [-0.4, -0.2) is 199 Å². The number of aromatic carboxylic acids is 1. The van der Waals surface area contributed by atoms with Gasteiger partial charge in [-0.15, -0.1) is 0 Å². The number of aromatic nitrogens is 2. The van der Waals surface area contributed by atoms with E-state index in [1.54, 1.807) is 72.8 Å². The van der Waals surface area contributed by atoms with Crippen LogP contribution in [0.5, 0.6) is 17.2 Å². The maximum absolute atomic E-state index is 14.0. The van der Waals surface area contributed by atoms with E-state index in [4.69, 9.17) is 28.1 Å². The summed E-state index contributed by atoms with van der Waals surface area (Å²) in [5.41, 5.74) is 4.69. The summed E-state index contributed by atoms with van der Waals surface area (Å²) in [6, 6.07) is 40.8. The first-order chi connectivity index (χ1) is 52.5. The fourth-order valence-electron chi connectivity index (χ4n) is 12.8. The third kappa shape index (κ3) is 18.3. The maximum Gasteiger partial charge on any atom is 0.336 e. The number of halogens is 4. The highest BCUT2D eigenvalue weighted by Crippen LogP contribution is 2.43. The van der Waals surface area contributed by atoms with Crippen molar-refractivity contribution in [3.05, 3.63) is 197 Å². The zero-order valence-corrected chi connectivity index (χ0v) is 58.0. The van der Waals surface area contributed by atoms with Crippen LogP contribution in [0.3, 0.4) is 0 Å². The quantitative estimate of drug-likeness (QED) is 0.0159. The Morgan fingerprint density at radius 3 is 1.54 bits per heavy atom. The molecule has 0 radical (unpaired) electrons. The Morgan fingerprint density at radius 2 is 1.03 bits per heavy atom. The van der Waals surface area contributed by atoms with Gasteiger partial charge in [-0.25, -0.2) is 22.4 Å². The summed E-state index contributed by atoms with van der Waals surface area (Å²) in [5.74, 6) is -10.9. The Bertz CT molecular complexity index is 5250. The molecule has 2 atom stereocenters. The summed E-state index contributed by atoms with van der Waals surface area (Å²) < 4.78 is 91.4. The molecule has 12 rings (SSSR count). The number of carbonyl (C=O) groups excluding carboxylic acids is 6. The summed E-state index contributed by atoms with van der Waals surface area (Å²) in [7, 11) is 0. The average Bonchev–Trinajstić information content (AvgIpc) is 0.983. The van der Waals surface area contributed by atoms with Gasteiger partial charge in [0.1, 0.15) is 53.9 Å². The van der Waals surface area contributed by atoms with Crippen LogP contribution < -0.4 is 30.9 Å². The number of rotatable bonds is 30. The Kier molecular flexibility index (Phi) is 23.4. The van der Waals surface area contributed by atoms with E-state index < -0.39 is 111 Å². The molecule has 8 aromatic rings. The highest BCUT2D eigenvalue weighted by atomic mass is 19.3. The number of fused-ring (bicyclic) bond motifs is 4. The molecule has 26 nitrogen and oxygen atoms in total.